The molecule has 156 valence electrons. The van der Waals surface area contributed by atoms with Crippen LogP contribution in [0.1, 0.15) is 22.7 Å². The van der Waals surface area contributed by atoms with E-state index in [1.54, 1.807) is 49.8 Å². The molecule has 0 bridgehead atoms. The summed E-state index contributed by atoms with van der Waals surface area (Å²) in [6.07, 6.45) is 3.30. The van der Waals surface area contributed by atoms with Gasteiger partial charge in [0.05, 0.1) is 18.7 Å². The summed E-state index contributed by atoms with van der Waals surface area (Å²) in [5.41, 5.74) is 2.00. The van der Waals surface area contributed by atoms with Gasteiger partial charge in [-0.1, -0.05) is 34.1 Å². The number of benzene rings is 2. The van der Waals surface area contributed by atoms with Crippen molar-refractivity contribution in [2.45, 2.75) is 12.6 Å². The normalized spacial score (nSPS) is 17.7. The van der Waals surface area contributed by atoms with Crippen LogP contribution >= 0.6 is 15.9 Å². The molecule has 1 aliphatic rings. The summed E-state index contributed by atoms with van der Waals surface area (Å²) in [7, 11) is 1.55. The zero-order chi connectivity index (χ0) is 22.0. The molecule has 0 radical (unpaired) electrons. The molecule has 6 nitrogen and oxygen atoms in total. The maximum absolute atomic E-state index is 13.0. The van der Waals surface area contributed by atoms with Crippen molar-refractivity contribution in [3.05, 3.63) is 99.8 Å². The Morgan fingerprint density at radius 3 is 2.42 bits per heavy atom. The minimum atomic E-state index is -0.726. The maximum atomic E-state index is 13.0. The maximum Gasteiger partial charge on any atom is 0.295 e. The molecule has 1 aromatic heterocycles. The Labute approximate surface area is 187 Å². The Hall–Kier alpha value is -3.45. The molecule has 0 unspecified atom stereocenters. The topological polar surface area (TPSA) is 79.7 Å². The molecule has 4 rings (SSSR count). The molecule has 3 aromatic rings. The van der Waals surface area contributed by atoms with Gasteiger partial charge in [0, 0.05) is 29.0 Å². The van der Waals surface area contributed by atoms with E-state index in [-0.39, 0.29) is 17.9 Å². The van der Waals surface area contributed by atoms with Crippen molar-refractivity contribution < 1.29 is 19.4 Å². The predicted octanol–water partition coefficient (Wildman–Crippen LogP) is 4.47. The van der Waals surface area contributed by atoms with E-state index in [0.717, 1.165) is 15.6 Å². The van der Waals surface area contributed by atoms with Crippen LogP contribution in [-0.4, -0.2) is 33.8 Å². The molecule has 31 heavy (non-hydrogen) atoms. The van der Waals surface area contributed by atoms with Crippen molar-refractivity contribution in [3.8, 4) is 5.75 Å². The van der Waals surface area contributed by atoms with Crippen LogP contribution < -0.4 is 4.74 Å². The van der Waals surface area contributed by atoms with Gasteiger partial charge < -0.3 is 14.7 Å². The Morgan fingerprint density at radius 2 is 1.81 bits per heavy atom. The summed E-state index contributed by atoms with van der Waals surface area (Å²) in [4.78, 5) is 31.6. The lowest BCUT2D eigenvalue weighted by Gasteiger charge is -2.25. The Kier molecular flexibility index (Phi) is 5.86. The molecule has 7 heteroatoms. The monoisotopic (exact) mass is 478 g/mol. The van der Waals surface area contributed by atoms with E-state index in [1.807, 2.05) is 30.3 Å². The number of aliphatic hydroxyl groups is 1. The van der Waals surface area contributed by atoms with Gasteiger partial charge in [0.15, 0.2) is 0 Å². The average molecular weight is 479 g/mol. The predicted molar refractivity (Wildman–Crippen MR) is 119 cm³/mol. The van der Waals surface area contributed by atoms with Crippen molar-refractivity contribution in [2.75, 3.05) is 7.11 Å². The number of amides is 1. The first-order valence-corrected chi connectivity index (χ1v) is 10.4. The molecule has 2 heterocycles. The molecule has 0 saturated carbocycles. The fourth-order valence-electron chi connectivity index (χ4n) is 3.63. The number of aromatic nitrogens is 1. The van der Waals surface area contributed by atoms with Gasteiger partial charge >= 0.3 is 0 Å². The van der Waals surface area contributed by atoms with E-state index in [1.165, 1.54) is 4.90 Å². The number of carbonyl (C=O) groups is 2. The van der Waals surface area contributed by atoms with Crippen LogP contribution in [0.5, 0.6) is 5.75 Å². The number of methoxy groups -OCH3 is 1. The molecule has 1 atom stereocenters. The smallest absolute Gasteiger partial charge is 0.295 e. The molecule has 1 fully saturated rings. The number of ketones is 1. The molecule has 1 amide bonds. The Morgan fingerprint density at radius 1 is 1.10 bits per heavy atom. The standard InChI is InChI=1S/C24H19BrN2O4/c1-31-19-10-6-17(7-11-19)22(28)20-21(16-4-8-18(25)9-5-16)27(24(30)23(20)29)14-15-3-2-12-26-13-15/h2-13,21,28H,14H2,1H3/b22-20+/t21-/m0/s1. The van der Waals surface area contributed by atoms with E-state index < -0.39 is 17.7 Å². The number of halogens is 1. The van der Waals surface area contributed by atoms with Gasteiger partial charge in [-0.15, -0.1) is 0 Å². The van der Waals surface area contributed by atoms with Crippen molar-refractivity contribution in [2.24, 2.45) is 0 Å². The molecular formula is C24H19BrN2O4. The molecule has 0 spiro atoms. The Balaban J connectivity index is 1.84. The van der Waals surface area contributed by atoms with Gasteiger partial charge in [0.2, 0.25) is 0 Å². The molecule has 2 aromatic carbocycles. The van der Waals surface area contributed by atoms with Crippen LogP contribution in [0.2, 0.25) is 0 Å². The van der Waals surface area contributed by atoms with Crippen molar-refractivity contribution in [1.82, 2.24) is 9.88 Å². The summed E-state index contributed by atoms with van der Waals surface area (Å²) in [6, 6.07) is 16.9. The van der Waals surface area contributed by atoms with E-state index in [0.29, 0.717) is 11.3 Å². The van der Waals surface area contributed by atoms with Crippen molar-refractivity contribution in [1.29, 1.82) is 0 Å². The van der Waals surface area contributed by atoms with Gasteiger partial charge in [-0.3, -0.25) is 14.6 Å². The first kappa shape index (κ1) is 20.8. The number of pyridine rings is 1. The first-order chi connectivity index (χ1) is 15.0. The third-order valence-corrected chi connectivity index (χ3v) is 5.69. The lowest BCUT2D eigenvalue weighted by Crippen LogP contribution is -2.29. The van der Waals surface area contributed by atoms with Crippen LogP contribution in [0.3, 0.4) is 0 Å². The lowest BCUT2D eigenvalue weighted by molar-refractivity contribution is -0.140. The zero-order valence-corrected chi connectivity index (χ0v) is 18.2. The zero-order valence-electron chi connectivity index (χ0n) is 16.7. The summed E-state index contributed by atoms with van der Waals surface area (Å²) >= 11 is 3.41. The molecule has 0 aliphatic carbocycles. The SMILES string of the molecule is COc1ccc(/C(O)=C2\C(=O)C(=O)N(Cc3cccnc3)[C@H]2c2ccc(Br)cc2)cc1. The van der Waals surface area contributed by atoms with E-state index in [2.05, 4.69) is 20.9 Å². The second-order valence-electron chi connectivity index (χ2n) is 7.07. The molecule has 1 aliphatic heterocycles. The summed E-state index contributed by atoms with van der Waals surface area (Å²) in [5.74, 6) is -0.974. The third-order valence-electron chi connectivity index (χ3n) is 5.16. The third kappa shape index (κ3) is 4.09. The van der Waals surface area contributed by atoms with Crippen LogP contribution in [0.4, 0.5) is 0 Å². The highest BCUT2D eigenvalue weighted by Crippen LogP contribution is 2.40. The van der Waals surface area contributed by atoms with Crippen LogP contribution in [-0.2, 0) is 16.1 Å². The van der Waals surface area contributed by atoms with Crippen LogP contribution in [0.15, 0.2) is 83.1 Å². The minimum Gasteiger partial charge on any atom is -0.507 e. The quantitative estimate of drug-likeness (QED) is 0.332. The van der Waals surface area contributed by atoms with Gasteiger partial charge in [0.25, 0.3) is 11.7 Å². The van der Waals surface area contributed by atoms with E-state index >= 15 is 0 Å². The number of aliphatic hydroxyl groups excluding tert-OH is 1. The number of carbonyl (C=O) groups excluding carboxylic acids is 2. The second kappa shape index (κ2) is 8.73. The fourth-order valence-corrected chi connectivity index (χ4v) is 3.89. The molecular weight excluding hydrogens is 460 g/mol. The summed E-state index contributed by atoms with van der Waals surface area (Å²) < 4.78 is 6.03. The number of ether oxygens (including phenoxy) is 1. The van der Waals surface area contributed by atoms with E-state index in [4.69, 9.17) is 4.74 Å². The number of hydrogen-bond donors (Lipinski definition) is 1. The van der Waals surface area contributed by atoms with Crippen LogP contribution in [0.25, 0.3) is 5.76 Å². The second-order valence-corrected chi connectivity index (χ2v) is 7.98. The molecule has 1 N–H and O–H groups in total. The fraction of sp³-hybridized carbons (Fsp3) is 0.125. The van der Waals surface area contributed by atoms with Gasteiger partial charge in [-0.2, -0.15) is 0 Å². The minimum absolute atomic E-state index is 0.0568. The number of hydrogen-bond acceptors (Lipinski definition) is 5. The number of likely N-dealkylation sites (tertiary alicyclic amines) is 1. The highest BCUT2D eigenvalue weighted by atomic mass is 79.9. The number of nitrogens with zero attached hydrogens (tertiary/aromatic N) is 2. The van der Waals surface area contributed by atoms with Gasteiger partial charge in [0.1, 0.15) is 11.5 Å². The number of Topliss-reactive ketones (excluding diaryl/α,β-unsaturated/α-hetero) is 1. The van der Waals surface area contributed by atoms with Crippen LogP contribution in [0, 0.1) is 0 Å². The highest BCUT2D eigenvalue weighted by Gasteiger charge is 2.46. The summed E-state index contributed by atoms with van der Waals surface area (Å²) in [5, 5.41) is 11.1. The highest BCUT2D eigenvalue weighted by molar-refractivity contribution is 9.10. The summed E-state index contributed by atoms with van der Waals surface area (Å²) in [6.45, 7) is 0.193. The number of rotatable bonds is 5. The van der Waals surface area contributed by atoms with Crippen molar-refractivity contribution >= 4 is 33.4 Å². The largest absolute Gasteiger partial charge is 0.507 e. The van der Waals surface area contributed by atoms with Crippen molar-refractivity contribution in [3.63, 3.8) is 0 Å². The average Bonchev–Trinajstić information content (AvgIpc) is 3.05. The van der Waals surface area contributed by atoms with E-state index in [9.17, 15) is 14.7 Å². The first-order valence-electron chi connectivity index (χ1n) is 9.57. The van der Waals surface area contributed by atoms with Gasteiger partial charge in [-0.25, -0.2) is 0 Å². The Bertz CT molecular complexity index is 1140. The lowest BCUT2D eigenvalue weighted by atomic mass is 9.95. The molecule has 1 saturated heterocycles. The van der Waals surface area contributed by atoms with Gasteiger partial charge in [-0.05, 0) is 53.6 Å².